The molecule has 2 rings (SSSR count). The molecule has 0 radical (unpaired) electrons. The number of carbonyl (C=O) groups excluding carboxylic acids is 1. The molecule has 21 heavy (non-hydrogen) atoms. The van der Waals surface area contributed by atoms with Gasteiger partial charge in [0.1, 0.15) is 0 Å². The summed E-state index contributed by atoms with van der Waals surface area (Å²) in [4.78, 5) is 18.4. The van der Waals surface area contributed by atoms with Crippen LogP contribution >= 0.6 is 0 Å². The molecule has 0 unspecified atom stereocenters. The Morgan fingerprint density at radius 2 is 2.19 bits per heavy atom. The van der Waals surface area contributed by atoms with E-state index in [0.29, 0.717) is 38.4 Å². The highest BCUT2D eigenvalue weighted by Gasteiger charge is 2.29. The SMILES string of the molecule is CCCc1noc(CCCC(=O)N2CCOC(C)(C)C2)n1. The molecule has 0 aliphatic carbocycles. The number of rotatable bonds is 6. The van der Waals surface area contributed by atoms with Crippen molar-refractivity contribution in [2.24, 2.45) is 0 Å². The van der Waals surface area contributed by atoms with Crippen LogP contribution in [0.3, 0.4) is 0 Å². The molecule has 0 saturated carbocycles. The molecule has 6 heteroatoms. The summed E-state index contributed by atoms with van der Waals surface area (Å²) in [5.41, 5.74) is -0.241. The lowest BCUT2D eigenvalue weighted by atomic mass is 10.1. The average Bonchev–Trinajstić information content (AvgIpc) is 2.85. The Labute approximate surface area is 125 Å². The van der Waals surface area contributed by atoms with E-state index in [1.807, 2.05) is 18.7 Å². The van der Waals surface area contributed by atoms with Gasteiger partial charge in [-0.05, 0) is 26.7 Å². The minimum absolute atomic E-state index is 0.180. The van der Waals surface area contributed by atoms with Crippen LogP contribution < -0.4 is 0 Å². The number of carbonyl (C=O) groups is 1. The Kier molecular flexibility index (Phi) is 5.33. The van der Waals surface area contributed by atoms with E-state index in [1.165, 1.54) is 0 Å². The van der Waals surface area contributed by atoms with Crippen molar-refractivity contribution in [3.8, 4) is 0 Å². The second-order valence-electron chi connectivity index (χ2n) is 6.13. The number of hydrogen-bond acceptors (Lipinski definition) is 5. The highest BCUT2D eigenvalue weighted by molar-refractivity contribution is 5.76. The summed E-state index contributed by atoms with van der Waals surface area (Å²) in [5.74, 6) is 1.57. The van der Waals surface area contributed by atoms with Gasteiger partial charge in [0.15, 0.2) is 5.82 Å². The lowest BCUT2D eigenvalue weighted by Crippen LogP contribution is -2.50. The fourth-order valence-electron chi connectivity index (χ4n) is 2.50. The summed E-state index contributed by atoms with van der Waals surface area (Å²) in [6.07, 6.45) is 3.76. The molecule has 118 valence electrons. The Bertz CT molecular complexity index is 470. The topological polar surface area (TPSA) is 68.5 Å². The smallest absolute Gasteiger partial charge is 0.226 e. The molecule has 2 heterocycles. The first-order chi connectivity index (χ1) is 10.00. The van der Waals surface area contributed by atoms with Crippen LogP contribution in [0.15, 0.2) is 4.52 Å². The molecular formula is C15H25N3O3. The van der Waals surface area contributed by atoms with Crippen LogP contribution in [-0.4, -0.2) is 46.2 Å². The molecule has 0 N–H and O–H groups in total. The molecule has 1 saturated heterocycles. The molecule has 0 spiro atoms. The van der Waals surface area contributed by atoms with E-state index in [-0.39, 0.29) is 11.5 Å². The Hall–Kier alpha value is -1.43. The number of aryl methyl sites for hydroxylation is 2. The molecule has 0 bridgehead atoms. The van der Waals surface area contributed by atoms with Gasteiger partial charge in [-0.15, -0.1) is 0 Å². The summed E-state index contributed by atoms with van der Waals surface area (Å²) in [5, 5.41) is 3.91. The van der Waals surface area contributed by atoms with Gasteiger partial charge in [-0.25, -0.2) is 0 Å². The summed E-state index contributed by atoms with van der Waals surface area (Å²) < 4.78 is 10.8. The van der Waals surface area contributed by atoms with Crippen LogP contribution in [0.4, 0.5) is 0 Å². The maximum Gasteiger partial charge on any atom is 0.226 e. The van der Waals surface area contributed by atoms with E-state index in [2.05, 4.69) is 17.1 Å². The third-order valence-corrected chi connectivity index (χ3v) is 3.54. The monoisotopic (exact) mass is 295 g/mol. The molecule has 0 aromatic carbocycles. The van der Waals surface area contributed by atoms with Crippen molar-refractivity contribution in [2.45, 2.75) is 58.5 Å². The van der Waals surface area contributed by atoms with Crippen LogP contribution in [-0.2, 0) is 22.4 Å². The predicted molar refractivity (Wildman–Crippen MR) is 77.8 cm³/mol. The van der Waals surface area contributed by atoms with Crippen LogP contribution in [0.2, 0.25) is 0 Å². The van der Waals surface area contributed by atoms with E-state index in [9.17, 15) is 4.79 Å². The largest absolute Gasteiger partial charge is 0.372 e. The zero-order valence-corrected chi connectivity index (χ0v) is 13.2. The normalized spacial score (nSPS) is 18.0. The van der Waals surface area contributed by atoms with E-state index in [0.717, 1.165) is 25.1 Å². The maximum atomic E-state index is 12.2. The first-order valence-electron chi connectivity index (χ1n) is 7.73. The standard InChI is InChI=1S/C15H25N3O3/c1-4-6-12-16-13(21-17-12)7-5-8-14(19)18-9-10-20-15(2,3)11-18/h4-11H2,1-3H3. The fourth-order valence-corrected chi connectivity index (χ4v) is 2.50. The zero-order valence-electron chi connectivity index (χ0n) is 13.2. The Morgan fingerprint density at radius 1 is 1.38 bits per heavy atom. The molecule has 6 nitrogen and oxygen atoms in total. The number of aromatic nitrogens is 2. The average molecular weight is 295 g/mol. The van der Waals surface area contributed by atoms with Gasteiger partial charge in [-0.3, -0.25) is 4.79 Å². The number of morpholine rings is 1. The Balaban J connectivity index is 1.73. The van der Waals surface area contributed by atoms with Crippen LogP contribution in [0.25, 0.3) is 0 Å². The highest BCUT2D eigenvalue weighted by atomic mass is 16.5. The predicted octanol–water partition coefficient (Wildman–Crippen LogP) is 1.98. The third kappa shape index (κ3) is 4.81. The van der Waals surface area contributed by atoms with Gasteiger partial charge >= 0.3 is 0 Å². The van der Waals surface area contributed by atoms with E-state index in [4.69, 9.17) is 9.26 Å². The quantitative estimate of drug-likeness (QED) is 0.802. The molecule has 0 atom stereocenters. The van der Waals surface area contributed by atoms with Gasteiger partial charge in [-0.1, -0.05) is 12.1 Å². The number of ether oxygens (including phenoxy) is 1. The number of hydrogen-bond donors (Lipinski definition) is 0. The van der Waals surface area contributed by atoms with Gasteiger partial charge in [0.25, 0.3) is 0 Å². The van der Waals surface area contributed by atoms with Crippen molar-refractivity contribution in [3.63, 3.8) is 0 Å². The first-order valence-corrected chi connectivity index (χ1v) is 7.73. The zero-order chi connectivity index (χ0) is 15.3. The second-order valence-corrected chi connectivity index (χ2v) is 6.13. The van der Waals surface area contributed by atoms with Gasteiger partial charge < -0.3 is 14.2 Å². The molecule has 1 fully saturated rings. The van der Waals surface area contributed by atoms with Crippen molar-refractivity contribution in [1.82, 2.24) is 15.0 Å². The van der Waals surface area contributed by atoms with E-state index < -0.39 is 0 Å². The van der Waals surface area contributed by atoms with E-state index >= 15 is 0 Å². The fraction of sp³-hybridized carbons (Fsp3) is 0.800. The molecule has 1 aliphatic heterocycles. The van der Waals surface area contributed by atoms with Gasteiger partial charge in [0.05, 0.1) is 12.2 Å². The summed E-state index contributed by atoms with van der Waals surface area (Å²) in [6, 6.07) is 0. The third-order valence-electron chi connectivity index (χ3n) is 3.54. The summed E-state index contributed by atoms with van der Waals surface area (Å²) in [7, 11) is 0. The van der Waals surface area contributed by atoms with Crippen molar-refractivity contribution >= 4 is 5.91 Å². The lowest BCUT2D eigenvalue weighted by molar-refractivity contribution is -0.146. The van der Waals surface area contributed by atoms with Crippen molar-refractivity contribution in [3.05, 3.63) is 11.7 Å². The van der Waals surface area contributed by atoms with Gasteiger partial charge in [0.2, 0.25) is 11.8 Å². The Morgan fingerprint density at radius 3 is 2.90 bits per heavy atom. The van der Waals surface area contributed by atoms with Crippen LogP contribution in [0, 0.1) is 0 Å². The van der Waals surface area contributed by atoms with Gasteiger partial charge in [-0.2, -0.15) is 4.98 Å². The van der Waals surface area contributed by atoms with E-state index in [1.54, 1.807) is 0 Å². The molecule has 1 aliphatic rings. The van der Waals surface area contributed by atoms with Crippen molar-refractivity contribution < 1.29 is 14.1 Å². The van der Waals surface area contributed by atoms with Gasteiger partial charge in [0, 0.05) is 32.4 Å². The number of nitrogens with zero attached hydrogens (tertiary/aromatic N) is 3. The van der Waals surface area contributed by atoms with Crippen LogP contribution in [0.1, 0.15) is 51.7 Å². The first kappa shape index (κ1) is 15.9. The highest BCUT2D eigenvalue weighted by Crippen LogP contribution is 2.17. The summed E-state index contributed by atoms with van der Waals surface area (Å²) in [6.45, 7) is 8.07. The molecule has 1 aromatic heterocycles. The lowest BCUT2D eigenvalue weighted by Gasteiger charge is -2.38. The molecule has 1 amide bonds. The molecular weight excluding hydrogens is 270 g/mol. The van der Waals surface area contributed by atoms with Crippen molar-refractivity contribution in [2.75, 3.05) is 19.7 Å². The molecule has 1 aromatic rings. The van der Waals surface area contributed by atoms with Crippen LogP contribution in [0.5, 0.6) is 0 Å². The summed E-state index contributed by atoms with van der Waals surface area (Å²) >= 11 is 0. The minimum atomic E-state index is -0.241. The maximum absolute atomic E-state index is 12.2. The second kappa shape index (κ2) is 7.02. The van der Waals surface area contributed by atoms with Crippen molar-refractivity contribution in [1.29, 1.82) is 0 Å². The minimum Gasteiger partial charge on any atom is -0.372 e. The number of amides is 1.